The smallest absolute Gasteiger partial charge is 0.408 e. The molecular formula is C14H20ClN3O4S. The lowest BCUT2D eigenvalue weighted by Gasteiger charge is -2.20. The molecular weight excluding hydrogens is 342 g/mol. The Bertz CT molecular complexity index is 874. The first-order valence-electron chi connectivity index (χ1n) is 7.16. The van der Waals surface area contributed by atoms with Crippen LogP contribution in [0.5, 0.6) is 0 Å². The summed E-state index contributed by atoms with van der Waals surface area (Å²) in [5.41, 5.74) is 6.50. The molecule has 0 radical (unpaired) electrons. The van der Waals surface area contributed by atoms with Gasteiger partial charge in [0.25, 0.3) is 0 Å². The molecule has 3 rings (SSSR count). The monoisotopic (exact) mass is 361 g/mol. The van der Waals surface area contributed by atoms with Gasteiger partial charge in [-0.3, -0.25) is 4.57 Å². The molecule has 1 aliphatic heterocycles. The summed E-state index contributed by atoms with van der Waals surface area (Å²) in [4.78, 5) is 11.6. The van der Waals surface area contributed by atoms with Crippen LogP contribution in [-0.2, 0) is 17.1 Å². The van der Waals surface area contributed by atoms with Gasteiger partial charge in [-0.1, -0.05) is 0 Å². The third-order valence-corrected chi connectivity index (χ3v) is 6.28. The highest BCUT2D eigenvalue weighted by molar-refractivity contribution is 7.89. The molecule has 1 aromatic heterocycles. The van der Waals surface area contributed by atoms with E-state index in [0.29, 0.717) is 18.6 Å². The van der Waals surface area contributed by atoms with E-state index < -0.39 is 15.8 Å². The predicted octanol–water partition coefficient (Wildman–Crippen LogP) is 0.911. The number of halogens is 1. The third-order valence-electron chi connectivity index (χ3n) is 4.31. The van der Waals surface area contributed by atoms with Crippen LogP contribution < -0.4 is 11.5 Å². The normalized spacial score (nSPS) is 22.4. The second-order valence-electron chi connectivity index (χ2n) is 5.82. The van der Waals surface area contributed by atoms with Gasteiger partial charge in [-0.15, -0.1) is 12.4 Å². The summed E-state index contributed by atoms with van der Waals surface area (Å²) in [7, 11) is -2.04. The molecule has 1 aromatic carbocycles. The molecule has 1 saturated heterocycles. The van der Waals surface area contributed by atoms with E-state index in [-0.39, 0.29) is 34.8 Å². The van der Waals surface area contributed by atoms with E-state index in [9.17, 15) is 13.2 Å². The van der Waals surface area contributed by atoms with Crippen LogP contribution in [0.1, 0.15) is 13.3 Å². The van der Waals surface area contributed by atoms with Crippen LogP contribution in [0.25, 0.3) is 11.1 Å². The van der Waals surface area contributed by atoms with Crippen molar-refractivity contribution in [2.75, 3.05) is 13.1 Å². The Morgan fingerprint density at radius 1 is 1.39 bits per heavy atom. The molecule has 0 aliphatic carbocycles. The minimum Gasteiger partial charge on any atom is -0.408 e. The standard InChI is InChI=1S/C14H19N3O4S.ClH/c1-9-5-10(7-15)8-17(9)22(19,20)11-3-4-12-13(6-11)21-14(18)16(12)2;/h3-4,6,9-10H,5,7-8,15H2,1-2H3;1H. The van der Waals surface area contributed by atoms with Crippen LogP contribution in [0.4, 0.5) is 0 Å². The van der Waals surface area contributed by atoms with Gasteiger partial charge in [-0.2, -0.15) is 4.31 Å². The number of hydrogen-bond donors (Lipinski definition) is 1. The van der Waals surface area contributed by atoms with Gasteiger partial charge in [-0.25, -0.2) is 13.2 Å². The van der Waals surface area contributed by atoms with E-state index in [1.54, 1.807) is 13.1 Å². The minimum atomic E-state index is -3.62. The van der Waals surface area contributed by atoms with Crippen LogP contribution >= 0.6 is 12.4 Å². The van der Waals surface area contributed by atoms with E-state index in [4.69, 9.17) is 10.2 Å². The maximum absolute atomic E-state index is 12.8. The fourth-order valence-corrected chi connectivity index (χ4v) is 4.76. The molecule has 2 unspecified atom stereocenters. The molecule has 128 valence electrons. The average molecular weight is 362 g/mol. The first kappa shape index (κ1) is 18.0. The van der Waals surface area contributed by atoms with Gasteiger partial charge in [0.15, 0.2) is 5.58 Å². The molecule has 1 fully saturated rings. The van der Waals surface area contributed by atoms with Crippen molar-refractivity contribution < 1.29 is 12.8 Å². The summed E-state index contributed by atoms with van der Waals surface area (Å²) in [6, 6.07) is 4.43. The van der Waals surface area contributed by atoms with E-state index in [2.05, 4.69) is 0 Å². The van der Waals surface area contributed by atoms with E-state index in [0.717, 1.165) is 6.42 Å². The molecule has 0 spiro atoms. The molecule has 7 nitrogen and oxygen atoms in total. The Hall–Kier alpha value is -1.35. The predicted molar refractivity (Wildman–Crippen MR) is 89.2 cm³/mol. The lowest BCUT2D eigenvalue weighted by Crippen LogP contribution is -2.34. The summed E-state index contributed by atoms with van der Waals surface area (Å²) in [6.45, 7) is 2.79. The number of nitrogens with two attached hydrogens (primary N) is 1. The van der Waals surface area contributed by atoms with Crippen LogP contribution in [0, 0.1) is 5.92 Å². The average Bonchev–Trinajstić information content (AvgIpc) is 3.00. The van der Waals surface area contributed by atoms with Crippen molar-refractivity contribution in [1.82, 2.24) is 8.87 Å². The Morgan fingerprint density at radius 3 is 2.70 bits per heavy atom. The number of fused-ring (bicyclic) bond motifs is 1. The number of sulfonamides is 1. The highest BCUT2D eigenvalue weighted by atomic mass is 35.5. The molecule has 0 saturated carbocycles. The van der Waals surface area contributed by atoms with Gasteiger partial charge in [0.2, 0.25) is 10.0 Å². The van der Waals surface area contributed by atoms with Gasteiger partial charge in [0.1, 0.15) is 0 Å². The fourth-order valence-electron chi connectivity index (χ4n) is 3.02. The lowest BCUT2D eigenvalue weighted by atomic mass is 10.1. The molecule has 9 heteroatoms. The molecule has 2 heterocycles. The first-order valence-corrected chi connectivity index (χ1v) is 8.60. The molecule has 2 N–H and O–H groups in total. The van der Waals surface area contributed by atoms with E-state index >= 15 is 0 Å². The topological polar surface area (TPSA) is 98.5 Å². The zero-order valence-electron chi connectivity index (χ0n) is 12.9. The second kappa shape index (κ2) is 6.27. The summed E-state index contributed by atoms with van der Waals surface area (Å²) in [6.07, 6.45) is 0.762. The number of benzene rings is 1. The highest BCUT2D eigenvalue weighted by Gasteiger charge is 2.37. The van der Waals surface area contributed by atoms with Crippen molar-refractivity contribution in [2.45, 2.75) is 24.3 Å². The van der Waals surface area contributed by atoms with Crippen molar-refractivity contribution in [3.05, 3.63) is 28.7 Å². The molecule has 0 bridgehead atoms. The molecule has 23 heavy (non-hydrogen) atoms. The lowest BCUT2D eigenvalue weighted by molar-refractivity contribution is 0.404. The maximum atomic E-state index is 12.8. The van der Waals surface area contributed by atoms with Crippen LogP contribution in [0.15, 0.2) is 32.3 Å². The quantitative estimate of drug-likeness (QED) is 0.876. The van der Waals surface area contributed by atoms with Crippen LogP contribution in [-0.4, -0.2) is 36.4 Å². The van der Waals surface area contributed by atoms with Gasteiger partial charge < -0.3 is 10.2 Å². The number of hydrogen-bond acceptors (Lipinski definition) is 5. The summed E-state index contributed by atoms with van der Waals surface area (Å²) < 4.78 is 33.5. The van der Waals surface area contributed by atoms with Crippen molar-refractivity contribution >= 4 is 33.5 Å². The first-order chi connectivity index (χ1) is 10.3. The summed E-state index contributed by atoms with van der Waals surface area (Å²) in [5, 5.41) is 0. The zero-order chi connectivity index (χ0) is 16.1. The Labute approximate surface area is 140 Å². The van der Waals surface area contributed by atoms with Gasteiger partial charge in [0, 0.05) is 25.7 Å². The third kappa shape index (κ3) is 2.91. The number of aryl methyl sites for hydroxylation is 1. The summed E-state index contributed by atoms with van der Waals surface area (Å²) >= 11 is 0. The van der Waals surface area contributed by atoms with Gasteiger partial charge in [-0.05, 0) is 37.9 Å². The molecule has 2 aromatic rings. The van der Waals surface area contributed by atoms with Gasteiger partial charge >= 0.3 is 5.76 Å². The Balaban J connectivity index is 0.00000192. The SMILES string of the molecule is CC1CC(CN)CN1S(=O)(=O)c1ccc2c(c1)oc(=O)n2C.Cl. The zero-order valence-corrected chi connectivity index (χ0v) is 14.6. The largest absolute Gasteiger partial charge is 0.419 e. The highest BCUT2D eigenvalue weighted by Crippen LogP contribution is 2.30. The Morgan fingerprint density at radius 2 is 2.09 bits per heavy atom. The fraction of sp³-hybridized carbons (Fsp3) is 0.500. The number of oxazole rings is 1. The minimum absolute atomic E-state index is 0. The second-order valence-corrected chi connectivity index (χ2v) is 7.71. The van der Waals surface area contributed by atoms with Crippen molar-refractivity contribution in [2.24, 2.45) is 18.7 Å². The molecule has 0 amide bonds. The van der Waals surface area contributed by atoms with Crippen LogP contribution in [0.3, 0.4) is 0 Å². The molecule has 1 aliphatic rings. The van der Waals surface area contributed by atoms with Crippen molar-refractivity contribution in [3.8, 4) is 0 Å². The Kier molecular flexibility index (Phi) is 4.91. The van der Waals surface area contributed by atoms with E-state index in [1.165, 1.54) is 21.0 Å². The number of rotatable bonds is 3. The van der Waals surface area contributed by atoms with Gasteiger partial charge in [0.05, 0.1) is 10.4 Å². The van der Waals surface area contributed by atoms with Crippen molar-refractivity contribution in [1.29, 1.82) is 0 Å². The van der Waals surface area contributed by atoms with Crippen LogP contribution in [0.2, 0.25) is 0 Å². The van der Waals surface area contributed by atoms with Crippen molar-refractivity contribution in [3.63, 3.8) is 0 Å². The number of nitrogens with zero attached hydrogens (tertiary/aromatic N) is 2. The summed E-state index contributed by atoms with van der Waals surface area (Å²) in [5.74, 6) is -0.328. The number of aromatic nitrogens is 1. The maximum Gasteiger partial charge on any atom is 0.419 e. The van der Waals surface area contributed by atoms with E-state index in [1.807, 2.05) is 6.92 Å². The molecule has 2 atom stereocenters.